The molecule has 0 aromatic heterocycles. The maximum Gasteiger partial charge on any atom is 0.123 e. The van der Waals surface area contributed by atoms with Gasteiger partial charge in [-0.1, -0.05) is 12.1 Å². The van der Waals surface area contributed by atoms with Crippen LogP contribution in [0.3, 0.4) is 0 Å². The minimum Gasteiger partial charge on any atom is -0.385 e. The zero-order chi connectivity index (χ0) is 11.6. The van der Waals surface area contributed by atoms with Gasteiger partial charge in [-0.05, 0) is 50.4 Å². The van der Waals surface area contributed by atoms with Crippen molar-refractivity contribution in [3.63, 3.8) is 0 Å². The SMILES string of the molecule is CNC1CCC(O)(c2ccc(F)cc2)CC1. The first kappa shape index (κ1) is 11.6. The highest BCUT2D eigenvalue weighted by molar-refractivity contribution is 5.23. The Morgan fingerprint density at radius 3 is 2.31 bits per heavy atom. The molecule has 0 radical (unpaired) electrons. The monoisotopic (exact) mass is 223 g/mol. The van der Waals surface area contributed by atoms with Gasteiger partial charge in [-0.3, -0.25) is 0 Å². The third-order valence-corrected chi connectivity index (χ3v) is 3.60. The van der Waals surface area contributed by atoms with Crippen LogP contribution in [-0.2, 0) is 5.60 Å². The smallest absolute Gasteiger partial charge is 0.123 e. The zero-order valence-corrected chi connectivity index (χ0v) is 9.54. The van der Waals surface area contributed by atoms with Gasteiger partial charge in [0.15, 0.2) is 0 Å². The molecule has 0 heterocycles. The maximum absolute atomic E-state index is 12.8. The quantitative estimate of drug-likeness (QED) is 0.805. The summed E-state index contributed by atoms with van der Waals surface area (Å²) in [5.41, 5.74) is 0.0737. The molecular formula is C13H18FNO. The van der Waals surface area contributed by atoms with Crippen molar-refractivity contribution >= 4 is 0 Å². The molecule has 0 saturated heterocycles. The minimum atomic E-state index is -0.763. The van der Waals surface area contributed by atoms with Gasteiger partial charge in [0.05, 0.1) is 5.60 Å². The molecule has 2 rings (SSSR count). The summed E-state index contributed by atoms with van der Waals surface area (Å²) >= 11 is 0. The molecular weight excluding hydrogens is 205 g/mol. The second-order valence-corrected chi connectivity index (χ2v) is 4.60. The van der Waals surface area contributed by atoms with E-state index >= 15 is 0 Å². The summed E-state index contributed by atoms with van der Waals surface area (Å²) < 4.78 is 12.8. The van der Waals surface area contributed by atoms with Crippen LogP contribution in [0, 0.1) is 5.82 Å². The van der Waals surface area contributed by atoms with Crippen LogP contribution in [0.15, 0.2) is 24.3 Å². The lowest BCUT2D eigenvalue weighted by Gasteiger charge is -2.36. The molecule has 1 fully saturated rings. The molecule has 2 nitrogen and oxygen atoms in total. The molecule has 1 aliphatic rings. The van der Waals surface area contributed by atoms with E-state index in [9.17, 15) is 9.50 Å². The van der Waals surface area contributed by atoms with Crippen LogP contribution in [0.25, 0.3) is 0 Å². The van der Waals surface area contributed by atoms with E-state index in [1.165, 1.54) is 12.1 Å². The zero-order valence-electron chi connectivity index (χ0n) is 9.54. The van der Waals surface area contributed by atoms with E-state index < -0.39 is 5.60 Å². The van der Waals surface area contributed by atoms with Crippen LogP contribution < -0.4 is 5.32 Å². The van der Waals surface area contributed by atoms with E-state index in [1.54, 1.807) is 12.1 Å². The molecule has 0 bridgehead atoms. The van der Waals surface area contributed by atoms with Crippen molar-refractivity contribution in [2.45, 2.75) is 37.3 Å². The van der Waals surface area contributed by atoms with Crippen LogP contribution in [0.5, 0.6) is 0 Å². The molecule has 1 aromatic rings. The summed E-state index contributed by atoms with van der Waals surface area (Å²) in [6, 6.07) is 6.71. The summed E-state index contributed by atoms with van der Waals surface area (Å²) in [5, 5.41) is 13.7. The van der Waals surface area contributed by atoms with E-state index in [1.807, 2.05) is 7.05 Å². The topological polar surface area (TPSA) is 32.3 Å². The lowest BCUT2D eigenvalue weighted by molar-refractivity contribution is -0.00767. The van der Waals surface area contributed by atoms with Gasteiger partial charge in [0, 0.05) is 6.04 Å². The second kappa shape index (κ2) is 4.52. The highest BCUT2D eigenvalue weighted by Gasteiger charge is 2.34. The highest BCUT2D eigenvalue weighted by atomic mass is 19.1. The summed E-state index contributed by atoms with van der Waals surface area (Å²) in [4.78, 5) is 0. The van der Waals surface area contributed by atoms with E-state index in [4.69, 9.17) is 0 Å². The second-order valence-electron chi connectivity index (χ2n) is 4.60. The van der Waals surface area contributed by atoms with Crippen molar-refractivity contribution < 1.29 is 9.50 Å². The van der Waals surface area contributed by atoms with Crippen LogP contribution in [0.4, 0.5) is 4.39 Å². The predicted octanol–water partition coefficient (Wildman–Crippen LogP) is 2.18. The first-order valence-corrected chi connectivity index (χ1v) is 5.80. The van der Waals surface area contributed by atoms with Gasteiger partial charge in [-0.25, -0.2) is 4.39 Å². The van der Waals surface area contributed by atoms with Crippen molar-refractivity contribution in [3.05, 3.63) is 35.6 Å². The molecule has 16 heavy (non-hydrogen) atoms. The largest absolute Gasteiger partial charge is 0.385 e. The molecule has 0 aliphatic heterocycles. The number of aliphatic hydroxyl groups is 1. The van der Waals surface area contributed by atoms with Gasteiger partial charge >= 0.3 is 0 Å². The van der Waals surface area contributed by atoms with E-state index in [0.29, 0.717) is 6.04 Å². The maximum atomic E-state index is 12.8. The van der Waals surface area contributed by atoms with Gasteiger partial charge < -0.3 is 10.4 Å². The number of hydrogen-bond acceptors (Lipinski definition) is 2. The van der Waals surface area contributed by atoms with E-state index in [2.05, 4.69) is 5.32 Å². The van der Waals surface area contributed by atoms with E-state index in [-0.39, 0.29) is 5.82 Å². The average molecular weight is 223 g/mol. The molecule has 2 N–H and O–H groups in total. The Labute approximate surface area is 95.5 Å². The number of nitrogens with one attached hydrogen (secondary N) is 1. The van der Waals surface area contributed by atoms with Crippen LogP contribution in [0.1, 0.15) is 31.2 Å². The summed E-state index contributed by atoms with van der Waals surface area (Å²) in [7, 11) is 1.95. The van der Waals surface area contributed by atoms with Gasteiger partial charge in [-0.15, -0.1) is 0 Å². The predicted molar refractivity (Wildman–Crippen MR) is 61.6 cm³/mol. The highest BCUT2D eigenvalue weighted by Crippen LogP contribution is 2.36. The molecule has 0 unspecified atom stereocenters. The fraction of sp³-hybridized carbons (Fsp3) is 0.538. The van der Waals surface area contributed by atoms with Gasteiger partial charge in [0.1, 0.15) is 5.82 Å². The minimum absolute atomic E-state index is 0.253. The van der Waals surface area contributed by atoms with Crippen LogP contribution >= 0.6 is 0 Å². The Balaban J connectivity index is 2.11. The normalized spacial score (nSPS) is 30.3. The van der Waals surface area contributed by atoms with Crippen molar-refractivity contribution in [1.82, 2.24) is 5.32 Å². The first-order valence-electron chi connectivity index (χ1n) is 5.80. The Morgan fingerprint density at radius 1 is 1.25 bits per heavy atom. The van der Waals surface area contributed by atoms with Crippen molar-refractivity contribution in [3.8, 4) is 0 Å². The van der Waals surface area contributed by atoms with Crippen LogP contribution in [-0.4, -0.2) is 18.2 Å². The molecule has 3 heteroatoms. The lowest BCUT2D eigenvalue weighted by atomic mass is 9.78. The van der Waals surface area contributed by atoms with Gasteiger partial charge in [0.25, 0.3) is 0 Å². The third-order valence-electron chi connectivity index (χ3n) is 3.60. The molecule has 1 saturated carbocycles. The van der Waals surface area contributed by atoms with Gasteiger partial charge in [-0.2, -0.15) is 0 Å². The number of hydrogen-bond donors (Lipinski definition) is 2. The molecule has 1 aromatic carbocycles. The standard InChI is InChI=1S/C13H18FNO/c1-15-12-6-8-13(16,9-7-12)10-2-4-11(14)5-3-10/h2-5,12,15-16H,6-9H2,1H3. The molecule has 0 atom stereocenters. The Bertz CT molecular complexity index is 341. The van der Waals surface area contributed by atoms with Crippen LogP contribution in [0.2, 0.25) is 0 Å². The number of halogens is 1. The van der Waals surface area contributed by atoms with Gasteiger partial charge in [0.2, 0.25) is 0 Å². The first-order chi connectivity index (χ1) is 7.64. The Morgan fingerprint density at radius 2 is 1.81 bits per heavy atom. The number of benzene rings is 1. The summed E-state index contributed by atoms with van der Waals surface area (Å²) in [6.45, 7) is 0. The lowest BCUT2D eigenvalue weighted by Crippen LogP contribution is -2.38. The van der Waals surface area contributed by atoms with Crippen molar-refractivity contribution in [2.75, 3.05) is 7.05 Å². The summed E-state index contributed by atoms with van der Waals surface area (Å²) in [5.74, 6) is -0.253. The summed E-state index contributed by atoms with van der Waals surface area (Å²) in [6.07, 6.45) is 3.41. The van der Waals surface area contributed by atoms with E-state index in [0.717, 1.165) is 31.2 Å². The molecule has 88 valence electrons. The Kier molecular flexibility index (Phi) is 3.26. The number of rotatable bonds is 2. The van der Waals surface area contributed by atoms with Crippen molar-refractivity contribution in [2.24, 2.45) is 0 Å². The molecule has 0 amide bonds. The third kappa shape index (κ3) is 2.25. The Hall–Kier alpha value is -0.930. The molecule has 1 aliphatic carbocycles. The molecule has 0 spiro atoms. The average Bonchev–Trinajstić information content (AvgIpc) is 2.31. The fourth-order valence-corrected chi connectivity index (χ4v) is 2.43. The fourth-order valence-electron chi connectivity index (χ4n) is 2.43. The van der Waals surface area contributed by atoms with Crippen molar-refractivity contribution in [1.29, 1.82) is 0 Å².